The molecule has 1 heterocycles. The Hall–Kier alpha value is -2.21. The number of aliphatic hydroxyl groups excluding tert-OH is 1. The van der Waals surface area contributed by atoms with Gasteiger partial charge in [0.25, 0.3) is 0 Å². The van der Waals surface area contributed by atoms with Gasteiger partial charge in [0.1, 0.15) is 17.6 Å². The Labute approximate surface area is 121 Å². The first kappa shape index (κ1) is 15.2. The summed E-state index contributed by atoms with van der Waals surface area (Å²) in [7, 11) is 0. The van der Waals surface area contributed by atoms with Gasteiger partial charge < -0.3 is 14.6 Å². The van der Waals surface area contributed by atoms with Crippen molar-refractivity contribution in [3.63, 3.8) is 0 Å². The second-order valence-electron chi connectivity index (χ2n) is 4.24. The maximum Gasteiger partial charge on any atom is 0.387 e. The van der Waals surface area contributed by atoms with E-state index in [0.717, 1.165) is 0 Å². The molecular weight excluding hydrogens is 280 g/mol. The quantitative estimate of drug-likeness (QED) is 0.889. The third-order valence-electron chi connectivity index (χ3n) is 2.76. The summed E-state index contributed by atoms with van der Waals surface area (Å²) in [6, 6.07) is 7.58. The summed E-state index contributed by atoms with van der Waals surface area (Å²) in [5, 5.41) is 10.3. The molecule has 0 radical (unpaired) electrons. The Morgan fingerprint density at radius 1 is 1.14 bits per heavy atom. The van der Waals surface area contributed by atoms with E-state index in [1.807, 2.05) is 6.92 Å². The highest BCUT2D eigenvalue weighted by molar-refractivity contribution is 5.36. The summed E-state index contributed by atoms with van der Waals surface area (Å²) in [6.07, 6.45) is 2.03. The van der Waals surface area contributed by atoms with Gasteiger partial charge in [-0.1, -0.05) is 12.1 Å². The number of aromatic nitrogens is 1. The number of hydrogen-bond acceptors (Lipinski definition) is 4. The molecule has 1 aromatic carbocycles. The molecule has 0 spiro atoms. The molecule has 1 atom stereocenters. The van der Waals surface area contributed by atoms with Crippen LogP contribution >= 0.6 is 0 Å². The van der Waals surface area contributed by atoms with Crippen LogP contribution in [0.25, 0.3) is 0 Å². The average molecular weight is 295 g/mol. The van der Waals surface area contributed by atoms with Crippen molar-refractivity contribution in [3.05, 3.63) is 53.9 Å². The number of alkyl halides is 2. The smallest absolute Gasteiger partial charge is 0.387 e. The Morgan fingerprint density at radius 3 is 2.62 bits per heavy atom. The molecule has 0 aliphatic rings. The summed E-state index contributed by atoms with van der Waals surface area (Å²) in [6.45, 7) is -0.576. The van der Waals surface area contributed by atoms with Crippen molar-refractivity contribution in [3.8, 4) is 11.5 Å². The summed E-state index contributed by atoms with van der Waals surface area (Å²) in [4.78, 5) is 3.98. The summed E-state index contributed by atoms with van der Waals surface area (Å²) in [5.74, 6) is 0.532. The number of rotatable bonds is 6. The van der Waals surface area contributed by atoms with Crippen LogP contribution in [0.15, 0.2) is 42.7 Å². The molecule has 0 aliphatic carbocycles. The van der Waals surface area contributed by atoms with E-state index < -0.39 is 12.7 Å². The van der Waals surface area contributed by atoms with Crippen LogP contribution in [-0.2, 0) is 0 Å². The molecule has 2 aromatic rings. The fourth-order valence-corrected chi connectivity index (χ4v) is 1.88. The van der Waals surface area contributed by atoms with Gasteiger partial charge in [-0.3, -0.25) is 4.98 Å². The van der Waals surface area contributed by atoms with Gasteiger partial charge in [0, 0.05) is 11.8 Å². The van der Waals surface area contributed by atoms with Gasteiger partial charge >= 0.3 is 6.61 Å². The van der Waals surface area contributed by atoms with E-state index in [1.165, 1.54) is 30.6 Å². The van der Waals surface area contributed by atoms with Crippen molar-refractivity contribution in [1.29, 1.82) is 0 Å². The minimum Gasteiger partial charge on any atom is -0.492 e. The minimum atomic E-state index is -2.90. The van der Waals surface area contributed by atoms with Gasteiger partial charge in [-0.15, -0.1) is 0 Å². The molecule has 0 saturated carbocycles. The molecule has 4 nitrogen and oxygen atoms in total. The largest absolute Gasteiger partial charge is 0.492 e. The number of benzene rings is 1. The molecular formula is C15H15F2NO3. The maximum absolute atomic E-state index is 12.2. The molecule has 1 N–H and O–H groups in total. The van der Waals surface area contributed by atoms with E-state index in [1.54, 1.807) is 12.1 Å². The van der Waals surface area contributed by atoms with Crippen LogP contribution < -0.4 is 9.47 Å². The lowest BCUT2D eigenvalue weighted by atomic mass is 10.0. The lowest BCUT2D eigenvalue weighted by Crippen LogP contribution is -2.04. The van der Waals surface area contributed by atoms with Crippen LogP contribution in [0.3, 0.4) is 0 Å². The molecule has 0 fully saturated rings. The van der Waals surface area contributed by atoms with Crippen LogP contribution in [0.5, 0.6) is 11.5 Å². The SMILES string of the molecule is CCOc1cncc(C(O)c2cccc(OC(F)F)c2)c1. The van der Waals surface area contributed by atoms with E-state index in [4.69, 9.17) is 4.74 Å². The van der Waals surface area contributed by atoms with Crippen molar-refractivity contribution >= 4 is 0 Å². The number of aliphatic hydroxyl groups is 1. The highest BCUT2D eigenvalue weighted by Gasteiger charge is 2.14. The normalized spacial score (nSPS) is 12.2. The molecule has 0 amide bonds. The molecule has 0 saturated heterocycles. The number of ether oxygens (including phenoxy) is 2. The molecule has 6 heteroatoms. The fraction of sp³-hybridized carbons (Fsp3) is 0.267. The average Bonchev–Trinajstić information content (AvgIpc) is 2.47. The first-order valence-corrected chi connectivity index (χ1v) is 6.40. The summed E-state index contributed by atoms with van der Waals surface area (Å²) < 4.78 is 34.0. The van der Waals surface area contributed by atoms with Crippen LogP contribution in [0.2, 0.25) is 0 Å². The zero-order chi connectivity index (χ0) is 15.2. The van der Waals surface area contributed by atoms with E-state index in [0.29, 0.717) is 23.5 Å². The van der Waals surface area contributed by atoms with Crippen LogP contribution in [-0.4, -0.2) is 23.3 Å². The van der Waals surface area contributed by atoms with Crippen LogP contribution in [0.4, 0.5) is 8.78 Å². The van der Waals surface area contributed by atoms with Crippen LogP contribution in [0, 0.1) is 0 Å². The van der Waals surface area contributed by atoms with Crippen molar-refractivity contribution in [2.24, 2.45) is 0 Å². The van der Waals surface area contributed by atoms with E-state index in [2.05, 4.69) is 9.72 Å². The van der Waals surface area contributed by atoms with E-state index >= 15 is 0 Å². The molecule has 2 rings (SSSR count). The number of halogens is 2. The van der Waals surface area contributed by atoms with Gasteiger partial charge in [-0.2, -0.15) is 8.78 Å². The Kier molecular flexibility index (Phi) is 5.05. The minimum absolute atomic E-state index is 0.00419. The third kappa shape index (κ3) is 4.13. The fourth-order valence-electron chi connectivity index (χ4n) is 1.88. The van der Waals surface area contributed by atoms with Crippen molar-refractivity contribution in [2.45, 2.75) is 19.6 Å². The monoisotopic (exact) mass is 295 g/mol. The Morgan fingerprint density at radius 2 is 1.90 bits per heavy atom. The lowest BCUT2D eigenvalue weighted by molar-refractivity contribution is -0.0499. The first-order valence-electron chi connectivity index (χ1n) is 6.40. The summed E-state index contributed by atoms with van der Waals surface area (Å²) in [5.41, 5.74) is 0.943. The Bertz CT molecular complexity index is 593. The topological polar surface area (TPSA) is 51.6 Å². The standard InChI is InChI=1S/C15H15F2NO3/c1-2-20-13-7-11(8-18-9-13)14(19)10-4-3-5-12(6-10)21-15(16)17/h3-9,14-15,19H,2H2,1H3. The molecule has 1 unspecified atom stereocenters. The predicted molar refractivity (Wildman–Crippen MR) is 72.5 cm³/mol. The highest BCUT2D eigenvalue weighted by Crippen LogP contribution is 2.27. The molecule has 112 valence electrons. The zero-order valence-electron chi connectivity index (χ0n) is 11.4. The molecule has 0 bridgehead atoms. The number of pyridine rings is 1. The second kappa shape index (κ2) is 6.99. The van der Waals surface area contributed by atoms with Crippen molar-refractivity contribution < 1.29 is 23.4 Å². The Balaban J connectivity index is 2.22. The maximum atomic E-state index is 12.2. The predicted octanol–water partition coefficient (Wildman–Crippen LogP) is 3.16. The van der Waals surface area contributed by atoms with E-state index in [9.17, 15) is 13.9 Å². The van der Waals surface area contributed by atoms with Gasteiger partial charge in [0.15, 0.2) is 0 Å². The van der Waals surface area contributed by atoms with Crippen LogP contribution in [0.1, 0.15) is 24.2 Å². The first-order chi connectivity index (χ1) is 10.1. The van der Waals surface area contributed by atoms with Gasteiger partial charge in [-0.05, 0) is 30.7 Å². The van der Waals surface area contributed by atoms with Gasteiger partial charge in [0.2, 0.25) is 0 Å². The van der Waals surface area contributed by atoms with Gasteiger partial charge in [-0.25, -0.2) is 0 Å². The van der Waals surface area contributed by atoms with Gasteiger partial charge in [0.05, 0.1) is 12.8 Å². The summed E-state index contributed by atoms with van der Waals surface area (Å²) >= 11 is 0. The highest BCUT2D eigenvalue weighted by atomic mass is 19.3. The lowest BCUT2D eigenvalue weighted by Gasteiger charge is -2.14. The molecule has 21 heavy (non-hydrogen) atoms. The third-order valence-corrected chi connectivity index (χ3v) is 2.76. The second-order valence-corrected chi connectivity index (χ2v) is 4.24. The molecule has 0 aliphatic heterocycles. The molecule has 1 aromatic heterocycles. The zero-order valence-corrected chi connectivity index (χ0v) is 11.4. The van der Waals surface area contributed by atoms with Crippen molar-refractivity contribution in [1.82, 2.24) is 4.98 Å². The number of nitrogens with zero attached hydrogens (tertiary/aromatic N) is 1. The van der Waals surface area contributed by atoms with E-state index in [-0.39, 0.29) is 5.75 Å². The number of hydrogen-bond donors (Lipinski definition) is 1. The van der Waals surface area contributed by atoms with Crippen molar-refractivity contribution in [2.75, 3.05) is 6.61 Å².